The van der Waals surface area contributed by atoms with Crippen LogP contribution >= 0.6 is 11.8 Å². The number of hydrazine groups is 1. The minimum absolute atomic E-state index is 0.0984. The highest BCUT2D eigenvalue weighted by Gasteiger charge is 2.29. The highest BCUT2D eigenvalue weighted by Crippen LogP contribution is 2.33. The fraction of sp³-hybridized carbons (Fsp3) is 0.542. The smallest absolute Gasteiger partial charge is 0.409 e. The molecule has 4 rings (SSSR count). The molecule has 2 fully saturated rings. The summed E-state index contributed by atoms with van der Waals surface area (Å²) in [5, 5.41) is 2.49. The minimum atomic E-state index is -0.509. The predicted molar refractivity (Wildman–Crippen MR) is 132 cm³/mol. The topological polar surface area (TPSA) is 77.5 Å². The minimum Gasteiger partial charge on any atom is -0.409 e. The van der Waals surface area contributed by atoms with Gasteiger partial charge in [0.1, 0.15) is 11.6 Å². The van der Waals surface area contributed by atoms with Gasteiger partial charge in [0.15, 0.2) is 5.17 Å². The van der Waals surface area contributed by atoms with E-state index in [1.165, 1.54) is 30.0 Å². The number of halogens is 1. The van der Waals surface area contributed by atoms with Crippen molar-refractivity contribution >= 4 is 35.0 Å². The summed E-state index contributed by atoms with van der Waals surface area (Å²) in [5.74, 6) is -0.765. The highest BCUT2D eigenvalue weighted by atomic mass is 32.2. The van der Waals surface area contributed by atoms with E-state index in [2.05, 4.69) is 29.2 Å². The maximum atomic E-state index is 14.0. The van der Waals surface area contributed by atoms with Gasteiger partial charge in [-0.15, -0.1) is 0 Å². The number of hydrogen-bond acceptors (Lipinski definition) is 7. The van der Waals surface area contributed by atoms with E-state index in [1.807, 2.05) is 5.01 Å². The van der Waals surface area contributed by atoms with Crippen LogP contribution in [0.1, 0.15) is 45.1 Å². The van der Waals surface area contributed by atoms with E-state index in [9.17, 15) is 14.0 Å². The Bertz CT molecular complexity index is 967. The van der Waals surface area contributed by atoms with Crippen molar-refractivity contribution in [2.75, 3.05) is 39.3 Å². The number of nitrogens with one attached hydrogen (secondary N) is 1. The number of nitrogens with zero attached hydrogens (tertiary/aromatic N) is 4. The molecule has 2 amide bonds. The van der Waals surface area contributed by atoms with Gasteiger partial charge in [-0.25, -0.2) is 14.6 Å². The first-order valence-corrected chi connectivity index (χ1v) is 12.8. The molecule has 1 aromatic carbocycles. The van der Waals surface area contributed by atoms with Crippen LogP contribution in [0, 0.1) is 5.82 Å². The summed E-state index contributed by atoms with van der Waals surface area (Å²) in [6, 6.07) is 4.45. The Morgan fingerprint density at radius 1 is 1.26 bits per heavy atom. The number of benzene rings is 1. The van der Waals surface area contributed by atoms with E-state index in [-0.39, 0.29) is 11.7 Å². The highest BCUT2D eigenvalue weighted by molar-refractivity contribution is 8.18. The van der Waals surface area contributed by atoms with Crippen molar-refractivity contribution in [3.8, 4) is 5.75 Å². The Labute approximate surface area is 204 Å². The van der Waals surface area contributed by atoms with Crippen LogP contribution in [-0.2, 0) is 4.79 Å². The van der Waals surface area contributed by atoms with Gasteiger partial charge in [0, 0.05) is 43.9 Å². The molecule has 3 aliphatic rings. The average Bonchev–Trinajstić information content (AvgIpc) is 3.22. The largest absolute Gasteiger partial charge is 0.415 e. The molecule has 3 aliphatic heterocycles. The second-order valence-electron chi connectivity index (χ2n) is 8.57. The lowest BCUT2D eigenvalue weighted by molar-refractivity contribution is -0.113. The van der Waals surface area contributed by atoms with E-state index in [1.54, 1.807) is 11.0 Å². The van der Waals surface area contributed by atoms with Crippen LogP contribution in [0.15, 0.2) is 28.1 Å². The number of piperidine rings is 1. The summed E-state index contributed by atoms with van der Waals surface area (Å²) in [7, 11) is 0. The summed E-state index contributed by atoms with van der Waals surface area (Å²) in [6.07, 6.45) is 5.00. The van der Waals surface area contributed by atoms with Crippen LogP contribution < -0.4 is 10.2 Å². The lowest BCUT2D eigenvalue weighted by Crippen LogP contribution is -2.47. The Hall–Kier alpha value is -2.43. The molecule has 0 saturated carbocycles. The maximum absolute atomic E-state index is 14.0. The first kappa shape index (κ1) is 24.7. The first-order chi connectivity index (χ1) is 16.5. The summed E-state index contributed by atoms with van der Waals surface area (Å²) in [5.41, 5.74) is 3.70. The van der Waals surface area contributed by atoms with Crippen LogP contribution in [0.3, 0.4) is 0 Å². The molecule has 0 atom stereocenters. The van der Waals surface area contributed by atoms with Crippen LogP contribution in [-0.4, -0.2) is 77.3 Å². The number of carbonyl (C=O) groups is 2. The van der Waals surface area contributed by atoms with E-state index in [0.717, 1.165) is 51.9 Å². The molecule has 2 saturated heterocycles. The number of likely N-dealkylation sites (tertiary alicyclic amines) is 1. The standard InChI is InChI=1S/C24H32FN5O3S/c1-3-28(4-2)19-9-13-29(14-10-19)24(32)33-20-16-18(25)8-7-17(20)15-21-22(31)27-23(34-21)30-12-6-5-11-26-30/h7-8,15-16,19,26H,3-6,9-14H2,1-2H3. The zero-order chi connectivity index (χ0) is 24.1. The quantitative estimate of drug-likeness (QED) is 0.632. The molecular formula is C24H32FN5O3S. The van der Waals surface area contributed by atoms with Crippen molar-refractivity contribution in [3.05, 3.63) is 34.5 Å². The molecule has 0 aromatic heterocycles. The monoisotopic (exact) mass is 489 g/mol. The van der Waals surface area contributed by atoms with E-state index >= 15 is 0 Å². The van der Waals surface area contributed by atoms with Crippen molar-refractivity contribution in [1.82, 2.24) is 20.2 Å². The van der Waals surface area contributed by atoms with Gasteiger partial charge >= 0.3 is 6.09 Å². The van der Waals surface area contributed by atoms with Gasteiger partial charge in [0.2, 0.25) is 0 Å². The van der Waals surface area contributed by atoms with Crippen LogP contribution in [0.4, 0.5) is 9.18 Å². The van der Waals surface area contributed by atoms with E-state index < -0.39 is 11.9 Å². The zero-order valence-corrected chi connectivity index (χ0v) is 20.6. The SMILES string of the molecule is CCN(CC)C1CCN(C(=O)Oc2cc(F)ccc2C=C2SC(N3CCCCN3)=NC2=O)CC1. The number of amides is 2. The fourth-order valence-electron chi connectivity index (χ4n) is 4.53. The molecule has 34 heavy (non-hydrogen) atoms. The first-order valence-electron chi connectivity index (χ1n) is 12.0. The van der Waals surface area contributed by atoms with E-state index in [4.69, 9.17) is 4.74 Å². The number of hydrogen-bond donors (Lipinski definition) is 1. The number of amidine groups is 1. The van der Waals surface area contributed by atoms with Crippen molar-refractivity contribution < 1.29 is 18.7 Å². The van der Waals surface area contributed by atoms with Crippen LogP contribution in [0.2, 0.25) is 0 Å². The third kappa shape index (κ3) is 5.79. The number of carbonyl (C=O) groups excluding carboxylic acids is 2. The fourth-order valence-corrected chi connectivity index (χ4v) is 5.44. The number of thioether (sulfide) groups is 1. The zero-order valence-electron chi connectivity index (χ0n) is 19.8. The van der Waals surface area contributed by atoms with Gasteiger partial charge in [-0.2, -0.15) is 4.99 Å². The van der Waals surface area contributed by atoms with Crippen molar-refractivity contribution in [2.45, 2.75) is 45.6 Å². The van der Waals surface area contributed by atoms with Crippen LogP contribution in [0.5, 0.6) is 5.75 Å². The summed E-state index contributed by atoms with van der Waals surface area (Å²) < 4.78 is 19.6. The maximum Gasteiger partial charge on any atom is 0.415 e. The lowest BCUT2D eigenvalue weighted by atomic mass is 10.0. The molecule has 0 bridgehead atoms. The Balaban J connectivity index is 1.43. The number of rotatable bonds is 5. The molecule has 1 aromatic rings. The third-order valence-electron chi connectivity index (χ3n) is 6.46. The lowest BCUT2D eigenvalue weighted by Gasteiger charge is -2.37. The molecule has 8 nitrogen and oxygen atoms in total. The van der Waals surface area contributed by atoms with Gasteiger partial charge in [0.25, 0.3) is 5.91 Å². The average molecular weight is 490 g/mol. The summed E-state index contributed by atoms with van der Waals surface area (Å²) >= 11 is 1.26. The molecule has 0 spiro atoms. The van der Waals surface area contributed by atoms with Gasteiger partial charge in [-0.1, -0.05) is 13.8 Å². The number of aliphatic imine (C=N–C) groups is 1. The second-order valence-corrected chi connectivity index (χ2v) is 9.58. The second kappa shape index (κ2) is 11.3. The molecule has 1 N–H and O–H groups in total. The Morgan fingerprint density at radius 3 is 2.71 bits per heavy atom. The molecule has 0 aliphatic carbocycles. The van der Waals surface area contributed by atoms with Crippen molar-refractivity contribution in [1.29, 1.82) is 0 Å². The van der Waals surface area contributed by atoms with Gasteiger partial charge in [-0.05, 0) is 68.7 Å². The summed E-state index contributed by atoms with van der Waals surface area (Å²) in [4.78, 5) is 34.0. The van der Waals surface area contributed by atoms with Gasteiger partial charge < -0.3 is 14.5 Å². The molecule has 0 unspecified atom stereocenters. The molecule has 3 heterocycles. The molecule has 0 radical (unpaired) electrons. The van der Waals surface area contributed by atoms with Crippen molar-refractivity contribution in [2.24, 2.45) is 4.99 Å². The van der Waals surface area contributed by atoms with Crippen LogP contribution in [0.25, 0.3) is 6.08 Å². The number of ether oxygens (including phenoxy) is 1. The molecule has 10 heteroatoms. The summed E-state index contributed by atoms with van der Waals surface area (Å²) in [6.45, 7) is 9.10. The Morgan fingerprint density at radius 2 is 2.03 bits per heavy atom. The normalized spacial score (nSPS) is 20.9. The Kier molecular flexibility index (Phi) is 8.23. The molecule has 184 valence electrons. The van der Waals surface area contributed by atoms with Gasteiger partial charge in [-0.3, -0.25) is 9.80 Å². The predicted octanol–water partition coefficient (Wildman–Crippen LogP) is 3.70. The van der Waals surface area contributed by atoms with Gasteiger partial charge in [0.05, 0.1) is 4.91 Å². The molecular weight excluding hydrogens is 457 g/mol. The third-order valence-corrected chi connectivity index (χ3v) is 7.47. The van der Waals surface area contributed by atoms with E-state index in [0.29, 0.717) is 34.8 Å². The van der Waals surface area contributed by atoms with Crippen molar-refractivity contribution in [3.63, 3.8) is 0 Å².